The van der Waals surface area contributed by atoms with Gasteiger partial charge in [0, 0.05) is 24.2 Å². The van der Waals surface area contributed by atoms with Crippen LogP contribution < -0.4 is 19.5 Å². The Balaban J connectivity index is 1.46. The van der Waals surface area contributed by atoms with Gasteiger partial charge in [-0.25, -0.2) is 9.50 Å². The van der Waals surface area contributed by atoms with Crippen LogP contribution in [0, 0.1) is 0 Å². The maximum absolute atomic E-state index is 5.44. The van der Waals surface area contributed by atoms with Crippen LogP contribution >= 0.6 is 0 Å². The average Bonchev–Trinajstić information content (AvgIpc) is 3.32. The Bertz CT molecular complexity index is 1080. The van der Waals surface area contributed by atoms with E-state index in [-0.39, 0.29) is 6.79 Å². The first-order chi connectivity index (χ1) is 12.3. The fraction of sp³-hybridized carbons (Fsp3) is 0.176. The number of para-hydroxylation sites is 1. The molecule has 0 amide bonds. The van der Waals surface area contributed by atoms with Crippen LogP contribution in [-0.4, -0.2) is 33.5 Å². The van der Waals surface area contributed by atoms with Crippen LogP contribution in [0.4, 0.5) is 5.95 Å². The summed E-state index contributed by atoms with van der Waals surface area (Å²) < 4.78 is 18.0. The summed E-state index contributed by atoms with van der Waals surface area (Å²) >= 11 is 0. The molecule has 0 radical (unpaired) electrons. The van der Waals surface area contributed by atoms with Gasteiger partial charge in [0.1, 0.15) is 5.75 Å². The minimum atomic E-state index is 0.241. The Labute approximate surface area is 142 Å². The van der Waals surface area contributed by atoms with Gasteiger partial charge in [0.05, 0.1) is 18.1 Å². The van der Waals surface area contributed by atoms with Crippen LogP contribution in [0.15, 0.2) is 36.4 Å². The van der Waals surface area contributed by atoms with Crippen molar-refractivity contribution in [1.82, 2.24) is 19.6 Å². The summed E-state index contributed by atoms with van der Waals surface area (Å²) in [4.78, 5) is 9.01. The summed E-state index contributed by atoms with van der Waals surface area (Å²) in [5.74, 6) is 3.48. The fourth-order valence-corrected chi connectivity index (χ4v) is 2.98. The molecule has 0 atom stereocenters. The zero-order valence-corrected chi connectivity index (χ0v) is 13.4. The highest BCUT2D eigenvalue weighted by Gasteiger charge is 2.18. The number of hydrogen-bond donors (Lipinski definition) is 2. The Kier molecular flexibility index (Phi) is 2.96. The summed E-state index contributed by atoms with van der Waals surface area (Å²) in [5.41, 5.74) is 2.74. The maximum atomic E-state index is 5.44. The van der Waals surface area contributed by atoms with E-state index >= 15 is 0 Å². The molecule has 5 rings (SSSR count). The summed E-state index contributed by atoms with van der Waals surface area (Å²) in [5, 5.41) is 6.48. The Morgan fingerprint density at radius 1 is 1.20 bits per heavy atom. The molecule has 0 saturated carbocycles. The molecular weight excluding hydrogens is 322 g/mol. The zero-order chi connectivity index (χ0) is 16.8. The first kappa shape index (κ1) is 14.0. The monoisotopic (exact) mass is 337 g/mol. The van der Waals surface area contributed by atoms with Crippen molar-refractivity contribution < 1.29 is 14.2 Å². The van der Waals surface area contributed by atoms with Crippen molar-refractivity contribution in [3.63, 3.8) is 0 Å². The van der Waals surface area contributed by atoms with Crippen LogP contribution in [0.1, 0.15) is 5.56 Å². The van der Waals surface area contributed by atoms with Crippen LogP contribution in [0.25, 0.3) is 16.8 Å². The van der Waals surface area contributed by atoms with Gasteiger partial charge < -0.3 is 19.5 Å². The highest BCUT2D eigenvalue weighted by Crippen LogP contribution is 2.36. The molecule has 0 unspecified atom stereocenters. The third-order valence-electron chi connectivity index (χ3n) is 4.20. The van der Waals surface area contributed by atoms with E-state index in [1.165, 1.54) is 0 Å². The van der Waals surface area contributed by atoms with Crippen molar-refractivity contribution in [1.29, 1.82) is 0 Å². The smallest absolute Gasteiger partial charge is 0.253 e. The highest BCUT2D eigenvalue weighted by atomic mass is 16.7. The van der Waals surface area contributed by atoms with Gasteiger partial charge in [-0.15, -0.1) is 0 Å². The number of fused-ring (bicyclic) bond motifs is 4. The number of hydrogen-bond acceptors (Lipinski definition) is 6. The van der Waals surface area contributed by atoms with Gasteiger partial charge in [-0.2, -0.15) is 4.98 Å². The van der Waals surface area contributed by atoms with Crippen LogP contribution in [0.2, 0.25) is 0 Å². The van der Waals surface area contributed by atoms with Crippen molar-refractivity contribution >= 4 is 22.8 Å². The summed E-state index contributed by atoms with van der Waals surface area (Å²) in [6.45, 7) is 0.829. The zero-order valence-electron chi connectivity index (χ0n) is 13.4. The van der Waals surface area contributed by atoms with Crippen LogP contribution in [0.5, 0.6) is 17.2 Å². The Morgan fingerprint density at radius 2 is 2.04 bits per heavy atom. The summed E-state index contributed by atoms with van der Waals surface area (Å²) in [6.07, 6.45) is 0. The standard InChI is InChI=1S/C17H15N5O3/c1-23-13-5-3-2-4-10(13)8-18-16-20-17-19-11-6-14-15(25-9-24-14)7-12(11)22(17)21-16/h2-7H,8-9H2,1H3,(H2,18,19,20,21). The molecule has 2 aromatic heterocycles. The van der Waals surface area contributed by atoms with E-state index in [2.05, 4.69) is 20.4 Å². The van der Waals surface area contributed by atoms with Crippen molar-refractivity contribution in [2.24, 2.45) is 0 Å². The van der Waals surface area contributed by atoms with E-state index in [1.807, 2.05) is 40.9 Å². The predicted octanol–water partition coefficient (Wildman–Crippen LogP) is 2.56. The molecule has 0 bridgehead atoms. The molecule has 0 aliphatic carbocycles. The molecule has 2 N–H and O–H groups in total. The highest BCUT2D eigenvalue weighted by molar-refractivity contribution is 5.83. The molecule has 1 aliphatic rings. The van der Waals surface area contributed by atoms with Gasteiger partial charge >= 0.3 is 0 Å². The Hall–Kier alpha value is -3.42. The molecule has 8 heteroatoms. The Morgan fingerprint density at radius 3 is 2.92 bits per heavy atom. The van der Waals surface area contributed by atoms with E-state index in [0.717, 1.165) is 22.3 Å². The van der Waals surface area contributed by atoms with E-state index in [4.69, 9.17) is 14.2 Å². The molecular formula is C17H15N5O3. The van der Waals surface area contributed by atoms with Gasteiger partial charge in [0.2, 0.25) is 12.7 Å². The number of ether oxygens (including phenoxy) is 3. The fourth-order valence-electron chi connectivity index (χ4n) is 2.98. The number of aromatic amines is 1. The molecule has 0 saturated heterocycles. The molecule has 1 aliphatic heterocycles. The lowest BCUT2D eigenvalue weighted by Crippen LogP contribution is -2.03. The summed E-state index contributed by atoms with van der Waals surface area (Å²) in [7, 11) is 1.66. The molecule has 0 fully saturated rings. The molecule has 4 aromatic rings. The molecule has 8 nitrogen and oxygen atoms in total. The first-order valence-electron chi connectivity index (χ1n) is 7.85. The lowest BCUT2D eigenvalue weighted by molar-refractivity contribution is 0.174. The normalized spacial score (nSPS) is 12.8. The number of aromatic nitrogens is 4. The second-order valence-electron chi connectivity index (χ2n) is 5.68. The van der Waals surface area contributed by atoms with Crippen LogP contribution in [0.3, 0.4) is 0 Å². The topological polar surface area (TPSA) is 85.7 Å². The third kappa shape index (κ3) is 2.22. The number of benzene rings is 2. The lowest BCUT2D eigenvalue weighted by atomic mass is 10.2. The molecule has 2 aromatic carbocycles. The van der Waals surface area contributed by atoms with Gasteiger partial charge in [0.15, 0.2) is 11.5 Å². The average molecular weight is 337 g/mol. The minimum absolute atomic E-state index is 0.241. The number of H-pyrrole nitrogens is 1. The van der Waals surface area contributed by atoms with Crippen molar-refractivity contribution in [2.45, 2.75) is 6.54 Å². The van der Waals surface area contributed by atoms with E-state index < -0.39 is 0 Å². The van der Waals surface area contributed by atoms with Crippen molar-refractivity contribution in [3.05, 3.63) is 42.0 Å². The third-order valence-corrected chi connectivity index (χ3v) is 4.20. The first-order valence-corrected chi connectivity index (χ1v) is 7.85. The van der Waals surface area contributed by atoms with Gasteiger partial charge in [-0.3, -0.25) is 5.10 Å². The number of nitrogens with zero attached hydrogens (tertiary/aromatic N) is 3. The SMILES string of the molecule is COc1ccccc1CNc1nc2nc3cc4c(cc3n2[nH]1)OCO4. The second kappa shape index (κ2) is 5.30. The molecule has 25 heavy (non-hydrogen) atoms. The minimum Gasteiger partial charge on any atom is -0.496 e. The largest absolute Gasteiger partial charge is 0.496 e. The molecule has 126 valence electrons. The second-order valence-corrected chi connectivity index (χ2v) is 5.68. The van der Waals surface area contributed by atoms with E-state index in [1.54, 1.807) is 7.11 Å². The van der Waals surface area contributed by atoms with Gasteiger partial charge in [0.25, 0.3) is 5.78 Å². The summed E-state index contributed by atoms with van der Waals surface area (Å²) in [6, 6.07) is 11.6. The number of nitrogens with one attached hydrogen (secondary N) is 2. The van der Waals surface area contributed by atoms with E-state index in [0.29, 0.717) is 29.8 Å². The van der Waals surface area contributed by atoms with Gasteiger partial charge in [-0.1, -0.05) is 18.2 Å². The number of anilines is 1. The predicted molar refractivity (Wildman–Crippen MR) is 91.3 cm³/mol. The molecule has 3 heterocycles. The number of methoxy groups -OCH3 is 1. The maximum Gasteiger partial charge on any atom is 0.253 e. The quantitative estimate of drug-likeness (QED) is 0.595. The number of imidazole rings is 1. The lowest BCUT2D eigenvalue weighted by Gasteiger charge is -2.08. The number of rotatable bonds is 4. The molecule has 0 spiro atoms. The van der Waals surface area contributed by atoms with Crippen molar-refractivity contribution in [2.75, 3.05) is 19.2 Å². The van der Waals surface area contributed by atoms with Crippen LogP contribution in [-0.2, 0) is 6.54 Å². The van der Waals surface area contributed by atoms with Crippen molar-refractivity contribution in [3.8, 4) is 17.2 Å². The van der Waals surface area contributed by atoms with E-state index in [9.17, 15) is 0 Å². The van der Waals surface area contributed by atoms with Gasteiger partial charge in [-0.05, 0) is 6.07 Å².